The summed E-state index contributed by atoms with van der Waals surface area (Å²) in [6.07, 6.45) is 5.55. The number of hydrogen-bond donors (Lipinski definition) is 0. The van der Waals surface area contributed by atoms with Crippen LogP contribution in [0.1, 0.15) is 43.4 Å². The van der Waals surface area contributed by atoms with Crippen LogP contribution in [0.3, 0.4) is 0 Å². The Morgan fingerprint density at radius 1 is 1.33 bits per heavy atom. The van der Waals surface area contributed by atoms with Gasteiger partial charge < -0.3 is 0 Å². The second-order valence-electron chi connectivity index (χ2n) is 4.72. The van der Waals surface area contributed by atoms with Gasteiger partial charge in [-0.25, -0.2) is 0 Å². The third-order valence-electron chi connectivity index (χ3n) is 3.08. The van der Waals surface area contributed by atoms with Gasteiger partial charge in [-0.2, -0.15) is 0 Å². The molecule has 0 aromatic heterocycles. The fourth-order valence-corrected chi connectivity index (χ4v) is 2.49. The highest BCUT2D eigenvalue weighted by Gasteiger charge is 2.17. The molecule has 0 fully saturated rings. The predicted octanol–water partition coefficient (Wildman–Crippen LogP) is 4.67. The molecule has 0 bridgehead atoms. The number of allylic oxidation sites excluding steroid dienone is 1. The van der Waals surface area contributed by atoms with E-state index in [1.807, 2.05) is 6.07 Å². The lowest BCUT2D eigenvalue weighted by Gasteiger charge is -2.22. The molecule has 0 spiro atoms. The van der Waals surface area contributed by atoms with E-state index in [9.17, 15) is 0 Å². The topological polar surface area (TPSA) is 0 Å². The maximum Gasteiger partial charge on any atom is 0.0481 e. The second-order valence-corrected chi connectivity index (χ2v) is 5.13. The van der Waals surface area contributed by atoms with E-state index in [1.165, 1.54) is 16.7 Å². The summed E-state index contributed by atoms with van der Waals surface area (Å²) >= 11 is 6.22. The highest BCUT2D eigenvalue weighted by atomic mass is 35.5. The van der Waals surface area contributed by atoms with E-state index in [2.05, 4.69) is 39.0 Å². The molecule has 1 unspecified atom stereocenters. The molecule has 1 atom stereocenters. The lowest BCUT2D eigenvalue weighted by Crippen LogP contribution is -2.08. The molecule has 1 aliphatic carbocycles. The van der Waals surface area contributed by atoms with Crippen molar-refractivity contribution in [2.45, 2.75) is 33.1 Å². The summed E-state index contributed by atoms with van der Waals surface area (Å²) < 4.78 is 0. The molecule has 2 rings (SSSR count). The second kappa shape index (κ2) is 4.02. The van der Waals surface area contributed by atoms with E-state index in [0.29, 0.717) is 11.8 Å². The molecule has 0 radical (unpaired) electrons. The molecule has 80 valence electrons. The van der Waals surface area contributed by atoms with E-state index in [-0.39, 0.29) is 0 Å². The Bertz CT molecular complexity index is 402. The summed E-state index contributed by atoms with van der Waals surface area (Å²) in [6.45, 7) is 6.74. The Hall–Kier alpha value is -0.750. The van der Waals surface area contributed by atoms with Crippen molar-refractivity contribution in [2.24, 2.45) is 5.92 Å². The molecule has 15 heavy (non-hydrogen) atoms. The van der Waals surface area contributed by atoms with Gasteiger partial charge in [0, 0.05) is 5.02 Å². The first kappa shape index (κ1) is 10.8. The van der Waals surface area contributed by atoms with Crippen LogP contribution in [-0.4, -0.2) is 0 Å². The van der Waals surface area contributed by atoms with Crippen molar-refractivity contribution in [3.8, 4) is 0 Å². The van der Waals surface area contributed by atoms with E-state index < -0.39 is 0 Å². The summed E-state index contributed by atoms with van der Waals surface area (Å²) in [6, 6.07) is 4.20. The molecule has 0 nitrogen and oxygen atoms in total. The van der Waals surface area contributed by atoms with Crippen molar-refractivity contribution in [3.05, 3.63) is 39.9 Å². The number of hydrogen-bond acceptors (Lipinski definition) is 0. The fraction of sp³-hybridized carbons (Fsp3) is 0.429. The lowest BCUT2D eigenvalue weighted by molar-refractivity contribution is 0.700. The van der Waals surface area contributed by atoms with Crippen LogP contribution < -0.4 is 0 Å². The van der Waals surface area contributed by atoms with Crippen molar-refractivity contribution in [1.82, 2.24) is 0 Å². The molecular formula is C14H17Cl. The van der Waals surface area contributed by atoms with Gasteiger partial charge in [0.25, 0.3) is 0 Å². The summed E-state index contributed by atoms with van der Waals surface area (Å²) in [5.41, 5.74) is 4.14. The largest absolute Gasteiger partial charge is 0.0837 e. The molecule has 1 aromatic rings. The average Bonchev–Trinajstić information content (AvgIpc) is 2.17. The van der Waals surface area contributed by atoms with Gasteiger partial charge in [0.15, 0.2) is 0 Å². The molecule has 0 aliphatic heterocycles. The van der Waals surface area contributed by atoms with Crippen molar-refractivity contribution >= 4 is 17.7 Å². The Morgan fingerprint density at radius 2 is 2.07 bits per heavy atom. The molecule has 0 saturated heterocycles. The molecule has 0 saturated carbocycles. The van der Waals surface area contributed by atoms with Gasteiger partial charge >= 0.3 is 0 Å². The summed E-state index contributed by atoms with van der Waals surface area (Å²) in [5, 5.41) is 0.887. The zero-order valence-corrected chi connectivity index (χ0v) is 10.3. The predicted molar refractivity (Wildman–Crippen MR) is 67.4 cm³/mol. The molecule has 0 amide bonds. The van der Waals surface area contributed by atoms with Crippen LogP contribution in [0.5, 0.6) is 0 Å². The number of fused-ring (bicyclic) bond motifs is 1. The van der Waals surface area contributed by atoms with Gasteiger partial charge in [0.1, 0.15) is 0 Å². The minimum Gasteiger partial charge on any atom is -0.0837 e. The molecular weight excluding hydrogens is 204 g/mol. The Morgan fingerprint density at radius 3 is 2.73 bits per heavy atom. The average molecular weight is 221 g/mol. The van der Waals surface area contributed by atoms with Crippen molar-refractivity contribution in [2.75, 3.05) is 0 Å². The van der Waals surface area contributed by atoms with E-state index in [0.717, 1.165) is 11.4 Å². The van der Waals surface area contributed by atoms with E-state index >= 15 is 0 Å². The Balaban J connectivity index is 2.59. The van der Waals surface area contributed by atoms with Gasteiger partial charge in [0.2, 0.25) is 0 Å². The molecule has 1 heteroatoms. The van der Waals surface area contributed by atoms with E-state index in [4.69, 9.17) is 11.6 Å². The Labute approximate surface area is 97.0 Å². The standard InChI is InChI=1S/C14H17Cl/c1-9(2)11-6-7-14(15)12-5-4-10(3)8-13(11)12/h4-7,9-10H,8H2,1-3H3. The maximum absolute atomic E-state index is 6.22. The van der Waals surface area contributed by atoms with Crippen LogP contribution in [0, 0.1) is 5.92 Å². The van der Waals surface area contributed by atoms with Gasteiger partial charge in [0.05, 0.1) is 0 Å². The molecule has 0 heterocycles. The Kier molecular flexibility index (Phi) is 2.88. The minimum atomic E-state index is 0.578. The first-order valence-corrected chi connectivity index (χ1v) is 5.97. The first-order chi connectivity index (χ1) is 7.09. The lowest BCUT2D eigenvalue weighted by atomic mass is 9.84. The molecule has 0 N–H and O–H groups in total. The smallest absolute Gasteiger partial charge is 0.0481 e. The van der Waals surface area contributed by atoms with Crippen LogP contribution in [0.4, 0.5) is 0 Å². The van der Waals surface area contributed by atoms with Crippen molar-refractivity contribution in [1.29, 1.82) is 0 Å². The normalized spacial score (nSPS) is 19.4. The number of rotatable bonds is 1. The quantitative estimate of drug-likeness (QED) is 0.645. The van der Waals surface area contributed by atoms with Gasteiger partial charge in [-0.15, -0.1) is 0 Å². The zero-order valence-electron chi connectivity index (χ0n) is 9.55. The van der Waals surface area contributed by atoms with Crippen LogP contribution in [0.2, 0.25) is 5.02 Å². The van der Waals surface area contributed by atoms with Crippen molar-refractivity contribution < 1.29 is 0 Å². The number of halogens is 1. The fourth-order valence-electron chi connectivity index (χ4n) is 2.25. The first-order valence-electron chi connectivity index (χ1n) is 5.59. The van der Waals surface area contributed by atoms with E-state index in [1.54, 1.807) is 0 Å². The van der Waals surface area contributed by atoms with Crippen LogP contribution >= 0.6 is 11.6 Å². The molecule has 1 aromatic carbocycles. The summed E-state index contributed by atoms with van der Waals surface area (Å²) in [7, 11) is 0. The van der Waals surface area contributed by atoms with Crippen LogP contribution in [0.25, 0.3) is 6.08 Å². The highest BCUT2D eigenvalue weighted by Crippen LogP contribution is 2.34. The minimum absolute atomic E-state index is 0.578. The van der Waals surface area contributed by atoms with Crippen LogP contribution in [0.15, 0.2) is 18.2 Å². The third-order valence-corrected chi connectivity index (χ3v) is 3.41. The SMILES string of the molecule is CC1C=Cc2c(Cl)ccc(C(C)C)c2C1. The monoisotopic (exact) mass is 220 g/mol. The zero-order chi connectivity index (χ0) is 11.0. The van der Waals surface area contributed by atoms with Gasteiger partial charge in [-0.3, -0.25) is 0 Å². The maximum atomic E-state index is 6.22. The van der Waals surface area contributed by atoms with Crippen molar-refractivity contribution in [3.63, 3.8) is 0 Å². The van der Waals surface area contributed by atoms with Crippen LogP contribution in [-0.2, 0) is 6.42 Å². The third kappa shape index (κ3) is 1.96. The molecule has 1 aliphatic rings. The highest BCUT2D eigenvalue weighted by molar-refractivity contribution is 6.32. The summed E-state index contributed by atoms with van der Waals surface area (Å²) in [4.78, 5) is 0. The van der Waals surface area contributed by atoms with Gasteiger partial charge in [-0.1, -0.05) is 50.6 Å². The number of benzene rings is 1. The summed E-state index contributed by atoms with van der Waals surface area (Å²) in [5.74, 6) is 1.21. The van der Waals surface area contributed by atoms with Gasteiger partial charge in [-0.05, 0) is 41.0 Å².